The van der Waals surface area contributed by atoms with E-state index in [2.05, 4.69) is 24.0 Å². The quantitative estimate of drug-likeness (QED) is 0.439. The molecule has 1 aliphatic heterocycles. The van der Waals surface area contributed by atoms with Crippen LogP contribution in [0.3, 0.4) is 0 Å². The minimum absolute atomic E-state index is 0.0718. The van der Waals surface area contributed by atoms with Gasteiger partial charge in [0.1, 0.15) is 6.10 Å². The fourth-order valence-electron chi connectivity index (χ4n) is 3.03. The van der Waals surface area contributed by atoms with Crippen LogP contribution in [-0.4, -0.2) is 27.6 Å². The fraction of sp³-hybridized carbons (Fsp3) is 0.316. The molecule has 0 spiro atoms. The lowest BCUT2D eigenvalue weighted by molar-refractivity contribution is -0.385. The molecule has 130 valence electrons. The Kier molecular flexibility index (Phi) is 5.28. The molecule has 0 saturated carbocycles. The van der Waals surface area contributed by atoms with Crippen LogP contribution < -0.4 is 0 Å². The van der Waals surface area contributed by atoms with Crippen molar-refractivity contribution >= 4 is 23.1 Å². The van der Waals surface area contributed by atoms with Crippen LogP contribution in [0.25, 0.3) is 0 Å². The predicted octanol–water partition coefficient (Wildman–Crippen LogP) is 4.27. The number of non-ortho nitro benzene ring substituents is 1. The Hall–Kier alpha value is -2.47. The molecule has 3 rings (SSSR count). The average Bonchev–Trinajstić information content (AvgIpc) is 3.02. The predicted molar refractivity (Wildman–Crippen MR) is 100 cm³/mol. The van der Waals surface area contributed by atoms with Crippen LogP contribution >= 0.6 is 12.2 Å². The highest BCUT2D eigenvalue weighted by molar-refractivity contribution is 7.80. The van der Waals surface area contributed by atoms with Gasteiger partial charge in [0.2, 0.25) is 0 Å². The molecule has 0 unspecified atom stereocenters. The van der Waals surface area contributed by atoms with E-state index >= 15 is 0 Å². The molecule has 5 nitrogen and oxygen atoms in total. The molecule has 0 aliphatic carbocycles. The Morgan fingerprint density at radius 2 is 2.04 bits per heavy atom. The molecule has 0 radical (unpaired) electrons. The molecule has 0 bridgehead atoms. The Labute approximate surface area is 152 Å². The van der Waals surface area contributed by atoms with Gasteiger partial charge in [0.25, 0.3) is 10.9 Å². The number of hydrogen-bond donors (Lipinski definition) is 0. The maximum Gasteiger partial charge on any atom is 0.269 e. The van der Waals surface area contributed by atoms with Crippen LogP contribution in [0.1, 0.15) is 30.6 Å². The molecule has 2 aromatic carbocycles. The highest BCUT2D eigenvalue weighted by atomic mass is 32.1. The molecule has 2 atom stereocenters. The topological polar surface area (TPSA) is 55.6 Å². The van der Waals surface area contributed by atoms with Gasteiger partial charge in [-0.1, -0.05) is 42.5 Å². The minimum Gasteiger partial charge on any atom is -0.461 e. The van der Waals surface area contributed by atoms with E-state index < -0.39 is 4.92 Å². The summed E-state index contributed by atoms with van der Waals surface area (Å²) in [5.41, 5.74) is 2.16. The van der Waals surface area contributed by atoms with E-state index in [1.807, 2.05) is 24.3 Å². The third kappa shape index (κ3) is 4.14. The van der Waals surface area contributed by atoms with Crippen molar-refractivity contribution in [1.82, 2.24) is 4.90 Å². The summed E-state index contributed by atoms with van der Waals surface area (Å²) in [4.78, 5) is 12.6. The van der Waals surface area contributed by atoms with Crippen LogP contribution in [0, 0.1) is 10.1 Å². The Morgan fingerprint density at radius 3 is 2.76 bits per heavy atom. The third-order valence-electron chi connectivity index (χ3n) is 4.52. The summed E-state index contributed by atoms with van der Waals surface area (Å²) in [6.07, 6.45) is 1.68. The fourth-order valence-corrected chi connectivity index (χ4v) is 3.40. The highest BCUT2D eigenvalue weighted by Gasteiger charge is 2.32. The Balaban J connectivity index is 1.63. The molecule has 1 aliphatic rings. The van der Waals surface area contributed by atoms with E-state index in [0.717, 1.165) is 18.4 Å². The molecular weight excluding hydrogens is 336 g/mol. The van der Waals surface area contributed by atoms with Gasteiger partial charge >= 0.3 is 0 Å². The molecule has 0 amide bonds. The standard InChI is InChI=1S/C19H20N2O3S/c1-14(10-11-15-6-3-2-4-7-15)20-13-18(24-19(20)25)16-8-5-9-17(12-16)21(22)23/h2-9,12,14,18H,10-11,13H2,1H3/t14-,18-/m1/s1. The van der Waals surface area contributed by atoms with Gasteiger partial charge in [-0.05, 0) is 37.5 Å². The second-order valence-electron chi connectivity index (χ2n) is 6.25. The maximum absolute atomic E-state index is 11.0. The van der Waals surface area contributed by atoms with Crippen LogP contribution in [0.2, 0.25) is 0 Å². The summed E-state index contributed by atoms with van der Waals surface area (Å²) in [6.45, 7) is 2.75. The number of nitro groups is 1. The highest BCUT2D eigenvalue weighted by Crippen LogP contribution is 2.30. The largest absolute Gasteiger partial charge is 0.461 e. The van der Waals surface area contributed by atoms with Crippen molar-refractivity contribution in [2.75, 3.05) is 6.54 Å². The van der Waals surface area contributed by atoms with Gasteiger partial charge < -0.3 is 9.64 Å². The second-order valence-corrected chi connectivity index (χ2v) is 6.60. The van der Waals surface area contributed by atoms with Gasteiger partial charge in [-0.2, -0.15) is 0 Å². The molecule has 0 N–H and O–H groups in total. The first-order valence-corrected chi connectivity index (χ1v) is 8.71. The van der Waals surface area contributed by atoms with E-state index in [1.165, 1.54) is 11.6 Å². The zero-order valence-electron chi connectivity index (χ0n) is 14.0. The first kappa shape index (κ1) is 17.4. The summed E-state index contributed by atoms with van der Waals surface area (Å²) >= 11 is 5.38. The number of hydrogen-bond acceptors (Lipinski definition) is 4. The lowest BCUT2D eigenvalue weighted by Crippen LogP contribution is -2.34. The van der Waals surface area contributed by atoms with Gasteiger partial charge in [-0.3, -0.25) is 10.1 Å². The first-order valence-electron chi connectivity index (χ1n) is 8.30. The summed E-state index contributed by atoms with van der Waals surface area (Å²) in [5.74, 6) is 0. The van der Waals surface area contributed by atoms with E-state index in [9.17, 15) is 10.1 Å². The summed E-state index contributed by atoms with van der Waals surface area (Å²) in [6, 6.07) is 17.2. The van der Waals surface area contributed by atoms with Gasteiger partial charge in [-0.25, -0.2) is 0 Å². The second kappa shape index (κ2) is 7.61. The van der Waals surface area contributed by atoms with Crippen molar-refractivity contribution in [2.45, 2.75) is 31.9 Å². The van der Waals surface area contributed by atoms with E-state index in [0.29, 0.717) is 11.7 Å². The van der Waals surface area contributed by atoms with E-state index in [1.54, 1.807) is 12.1 Å². The van der Waals surface area contributed by atoms with E-state index in [-0.39, 0.29) is 17.8 Å². The monoisotopic (exact) mass is 356 g/mol. The first-order chi connectivity index (χ1) is 12.0. The van der Waals surface area contributed by atoms with Crippen molar-refractivity contribution in [3.63, 3.8) is 0 Å². The Bertz CT molecular complexity index is 766. The number of aryl methyl sites for hydroxylation is 1. The molecular formula is C19H20N2O3S. The molecule has 0 aromatic heterocycles. The van der Waals surface area contributed by atoms with Gasteiger partial charge in [0.15, 0.2) is 0 Å². The SMILES string of the molecule is C[C@H](CCc1ccccc1)N1C[C@H](c2cccc([N+](=O)[O-])c2)OC1=S. The lowest BCUT2D eigenvalue weighted by atomic mass is 10.0. The minimum atomic E-state index is -0.392. The molecule has 1 fully saturated rings. The lowest BCUT2D eigenvalue weighted by Gasteiger charge is -2.23. The van der Waals surface area contributed by atoms with Crippen LogP contribution in [0.4, 0.5) is 5.69 Å². The number of nitrogens with zero attached hydrogens (tertiary/aromatic N) is 2. The summed E-state index contributed by atoms with van der Waals surface area (Å²) in [5, 5.41) is 11.4. The molecule has 2 aromatic rings. The average molecular weight is 356 g/mol. The zero-order valence-corrected chi connectivity index (χ0v) is 14.8. The van der Waals surface area contributed by atoms with Crippen molar-refractivity contribution < 1.29 is 9.66 Å². The maximum atomic E-state index is 11.0. The number of ether oxygens (including phenoxy) is 1. The summed E-state index contributed by atoms with van der Waals surface area (Å²) < 4.78 is 5.80. The van der Waals surface area contributed by atoms with Crippen molar-refractivity contribution in [2.24, 2.45) is 0 Å². The molecule has 25 heavy (non-hydrogen) atoms. The van der Waals surface area contributed by atoms with Crippen LogP contribution in [-0.2, 0) is 11.2 Å². The molecule has 6 heteroatoms. The normalized spacial score (nSPS) is 18.0. The molecule has 1 saturated heterocycles. The summed E-state index contributed by atoms with van der Waals surface area (Å²) in [7, 11) is 0. The molecule has 1 heterocycles. The zero-order chi connectivity index (χ0) is 17.8. The third-order valence-corrected chi connectivity index (χ3v) is 4.85. The van der Waals surface area contributed by atoms with Crippen LogP contribution in [0.15, 0.2) is 54.6 Å². The van der Waals surface area contributed by atoms with Crippen molar-refractivity contribution in [3.05, 3.63) is 75.8 Å². The van der Waals surface area contributed by atoms with Crippen molar-refractivity contribution in [3.8, 4) is 0 Å². The van der Waals surface area contributed by atoms with Crippen molar-refractivity contribution in [1.29, 1.82) is 0 Å². The van der Waals surface area contributed by atoms with E-state index in [4.69, 9.17) is 17.0 Å². The number of nitro benzene ring substituents is 1. The van der Waals surface area contributed by atoms with Gasteiger partial charge in [0.05, 0.1) is 11.5 Å². The Morgan fingerprint density at radius 1 is 1.28 bits per heavy atom. The number of benzene rings is 2. The van der Waals surface area contributed by atoms with Gasteiger partial charge in [-0.15, -0.1) is 0 Å². The van der Waals surface area contributed by atoms with Gasteiger partial charge in [0, 0.05) is 23.7 Å². The number of rotatable bonds is 6. The smallest absolute Gasteiger partial charge is 0.269 e. The number of thiocarbonyl (C=S) groups is 1. The van der Waals surface area contributed by atoms with Crippen LogP contribution in [0.5, 0.6) is 0 Å².